The molecule has 0 spiro atoms. The standard InChI is InChI=1S/C6H5F2O/c1-4-2-5(6(7)8)9-3-4/h2-3,6H,1H2. The van der Waals surface area contributed by atoms with Crippen molar-refractivity contribution >= 4 is 0 Å². The average molecular weight is 131 g/mol. The molecule has 0 N–H and O–H groups in total. The van der Waals surface area contributed by atoms with Crippen LogP contribution in [0, 0.1) is 6.92 Å². The van der Waals surface area contributed by atoms with E-state index in [2.05, 4.69) is 11.3 Å². The summed E-state index contributed by atoms with van der Waals surface area (Å²) in [6.45, 7) is 3.40. The minimum atomic E-state index is -2.53. The Morgan fingerprint density at radius 3 is 2.44 bits per heavy atom. The largest absolute Gasteiger partial charge is 0.463 e. The van der Waals surface area contributed by atoms with Crippen LogP contribution in [-0.4, -0.2) is 0 Å². The molecule has 0 aromatic carbocycles. The lowest BCUT2D eigenvalue weighted by molar-refractivity contribution is 0.122. The Morgan fingerprint density at radius 2 is 2.22 bits per heavy atom. The van der Waals surface area contributed by atoms with E-state index in [1.807, 2.05) is 0 Å². The molecule has 1 aromatic rings. The minimum absolute atomic E-state index is 0.319. The lowest BCUT2D eigenvalue weighted by Gasteiger charge is -1.87. The predicted molar refractivity (Wildman–Crippen MR) is 28.1 cm³/mol. The van der Waals surface area contributed by atoms with Crippen LogP contribution in [-0.2, 0) is 0 Å². The van der Waals surface area contributed by atoms with Gasteiger partial charge in [-0.15, -0.1) is 0 Å². The van der Waals surface area contributed by atoms with Crippen molar-refractivity contribution in [1.82, 2.24) is 0 Å². The zero-order valence-electron chi connectivity index (χ0n) is 4.60. The summed E-state index contributed by atoms with van der Waals surface area (Å²) < 4.78 is 27.7. The Labute approximate surface area is 51.3 Å². The molecule has 0 aliphatic rings. The van der Waals surface area contributed by atoms with Crippen molar-refractivity contribution in [3.05, 3.63) is 30.6 Å². The molecule has 1 nitrogen and oxygen atoms in total. The summed E-state index contributed by atoms with van der Waals surface area (Å²) in [6, 6.07) is 1.21. The van der Waals surface area contributed by atoms with Crippen LogP contribution in [0.5, 0.6) is 0 Å². The maximum atomic E-state index is 11.7. The molecule has 1 radical (unpaired) electrons. The summed E-state index contributed by atoms with van der Waals surface area (Å²) in [7, 11) is 0. The zero-order valence-corrected chi connectivity index (χ0v) is 4.60. The van der Waals surface area contributed by atoms with Crippen molar-refractivity contribution in [2.75, 3.05) is 0 Å². The summed E-state index contributed by atoms with van der Waals surface area (Å²) in [4.78, 5) is 0. The van der Waals surface area contributed by atoms with E-state index in [9.17, 15) is 8.78 Å². The molecule has 0 aliphatic heterocycles. The molecule has 0 saturated carbocycles. The fourth-order valence-corrected chi connectivity index (χ4v) is 0.509. The Kier molecular flexibility index (Phi) is 1.51. The van der Waals surface area contributed by atoms with Gasteiger partial charge in [0.1, 0.15) is 0 Å². The molecule has 0 unspecified atom stereocenters. The third-order valence-corrected chi connectivity index (χ3v) is 0.889. The maximum absolute atomic E-state index is 11.7. The van der Waals surface area contributed by atoms with Gasteiger partial charge < -0.3 is 4.42 Å². The van der Waals surface area contributed by atoms with Gasteiger partial charge in [-0.2, -0.15) is 0 Å². The molecule has 1 heterocycles. The Hall–Kier alpha value is -0.860. The first-order chi connectivity index (χ1) is 4.20. The molecule has 9 heavy (non-hydrogen) atoms. The molecule has 3 heteroatoms. The quantitative estimate of drug-likeness (QED) is 0.570. The van der Waals surface area contributed by atoms with Crippen LogP contribution < -0.4 is 0 Å². The molecular formula is C6H5F2O. The van der Waals surface area contributed by atoms with E-state index in [0.717, 1.165) is 0 Å². The van der Waals surface area contributed by atoms with E-state index in [1.165, 1.54) is 12.3 Å². The van der Waals surface area contributed by atoms with Crippen molar-refractivity contribution in [2.45, 2.75) is 6.43 Å². The minimum Gasteiger partial charge on any atom is -0.463 e. The number of hydrogen-bond acceptors (Lipinski definition) is 1. The Balaban J connectivity index is 2.85. The van der Waals surface area contributed by atoms with Gasteiger partial charge in [-0.3, -0.25) is 0 Å². The smallest absolute Gasteiger partial charge is 0.295 e. The van der Waals surface area contributed by atoms with E-state index >= 15 is 0 Å². The summed E-state index contributed by atoms with van der Waals surface area (Å²) in [5.74, 6) is -0.319. The molecular weight excluding hydrogens is 126 g/mol. The number of halogens is 2. The van der Waals surface area contributed by atoms with Crippen molar-refractivity contribution in [3.63, 3.8) is 0 Å². The summed E-state index contributed by atoms with van der Waals surface area (Å²) in [5.41, 5.74) is 0.477. The molecule has 1 aromatic heterocycles. The molecule has 0 fully saturated rings. The van der Waals surface area contributed by atoms with Gasteiger partial charge in [0.15, 0.2) is 5.76 Å². The molecule has 0 atom stereocenters. The van der Waals surface area contributed by atoms with Crippen molar-refractivity contribution in [2.24, 2.45) is 0 Å². The summed E-state index contributed by atoms with van der Waals surface area (Å²) in [6.07, 6.45) is -1.33. The van der Waals surface area contributed by atoms with Crippen molar-refractivity contribution in [1.29, 1.82) is 0 Å². The molecule has 49 valence electrons. The summed E-state index contributed by atoms with van der Waals surface area (Å²) in [5, 5.41) is 0. The lowest BCUT2D eigenvalue weighted by atomic mass is 10.3. The molecule has 0 aliphatic carbocycles. The highest BCUT2D eigenvalue weighted by Gasteiger charge is 2.09. The summed E-state index contributed by atoms with van der Waals surface area (Å²) >= 11 is 0. The van der Waals surface area contributed by atoms with Crippen molar-refractivity contribution in [3.8, 4) is 0 Å². The Bertz CT molecular complexity index is 193. The third-order valence-electron chi connectivity index (χ3n) is 0.889. The second kappa shape index (κ2) is 2.17. The van der Waals surface area contributed by atoms with Crippen LogP contribution in [0.15, 0.2) is 16.7 Å². The third kappa shape index (κ3) is 1.28. The second-order valence-corrected chi connectivity index (χ2v) is 1.66. The van der Waals surface area contributed by atoms with Gasteiger partial charge in [-0.25, -0.2) is 8.78 Å². The van der Waals surface area contributed by atoms with Gasteiger partial charge in [0.25, 0.3) is 6.43 Å². The highest BCUT2D eigenvalue weighted by Crippen LogP contribution is 2.20. The highest BCUT2D eigenvalue weighted by molar-refractivity contribution is 5.15. The van der Waals surface area contributed by atoms with Crippen LogP contribution >= 0.6 is 0 Å². The van der Waals surface area contributed by atoms with Crippen LogP contribution in [0.4, 0.5) is 8.78 Å². The van der Waals surface area contributed by atoms with Gasteiger partial charge in [-0.05, 0) is 18.6 Å². The number of furan rings is 1. The zero-order chi connectivity index (χ0) is 6.85. The normalized spacial score (nSPS) is 10.7. The van der Waals surface area contributed by atoms with Gasteiger partial charge in [0, 0.05) is 0 Å². The fraction of sp³-hybridized carbons (Fsp3) is 0.167. The van der Waals surface area contributed by atoms with E-state index in [-0.39, 0.29) is 5.76 Å². The lowest BCUT2D eigenvalue weighted by Crippen LogP contribution is -1.75. The first-order valence-corrected chi connectivity index (χ1v) is 2.38. The highest BCUT2D eigenvalue weighted by atomic mass is 19.3. The van der Waals surface area contributed by atoms with Crippen LogP contribution in [0.1, 0.15) is 17.7 Å². The van der Waals surface area contributed by atoms with Gasteiger partial charge in [0.05, 0.1) is 6.26 Å². The molecule has 1 rings (SSSR count). The first kappa shape index (κ1) is 6.26. The van der Waals surface area contributed by atoms with Crippen LogP contribution in [0.2, 0.25) is 0 Å². The van der Waals surface area contributed by atoms with Gasteiger partial charge in [0.2, 0.25) is 0 Å². The number of hydrogen-bond donors (Lipinski definition) is 0. The van der Waals surface area contributed by atoms with E-state index in [1.54, 1.807) is 0 Å². The number of rotatable bonds is 1. The maximum Gasteiger partial charge on any atom is 0.295 e. The monoisotopic (exact) mass is 131 g/mol. The van der Waals surface area contributed by atoms with E-state index in [0.29, 0.717) is 5.56 Å². The average Bonchev–Trinajstić information content (AvgIpc) is 2.14. The fourth-order valence-electron chi connectivity index (χ4n) is 0.509. The van der Waals surface area contributed by atoms with E-state index in [4.69, 9.17) is 0 Å². The SMILES string of the molecule is [CH2]c1coc(C(F)F)c1. The molecule has 0 bridgehead atoms. The second-order valence-electron chi connectivity index (χ2n) is 1.66. The van der Waals surface area contributed by atoms with Gasteiger partial charge >= 0.3 is 0 Å². The van der Waals surface area contributed by atoms with E-state index < -0.39 is 6.43 Å². The first-order valence-electron chi connectivity index (χ1n) is 2.38. The number of alkyl halides is 2. The topological polar surface area (TPSA) is 13.1 Å². The van der Waals surface area contributed by atoms with Crippen molar-refractivity contribution < 1.29 is 13.2 Å². The van der Waals surface area contributed by atoms with Gasteiger partial charge in [-0.1, -0.05) is 0 Å². The van der Waals surface area contributed by atoms with Crippen LogP contribution in [0.3, 0.4) is 0 Å². The Morgan fingerprint density at radius 1 is 1.56 bits per heavy atom. The molecule has 0 amide bonds. The molecule has 0 saturated heterocycles. The predicted octanol–water partition coefficient (Wildman–Crippen LogP) is 2.40. The van der Waals surface area contributed by atoms with Crippen LogP contribution in [0.25, 0.3) is 0 Å².